The fourth-order valence-electron chi connectivity index (χ4n) is 2.72. The van der Waals surface area contributed by atoms with Crippen molar-refractivity contribution in [3.05, 3.63) is 69.5 Å². The van der Waals surface area contributed by atoms with Crippen molar-refractivity contribution in [1.29, 1.82) is 0 Å². The SMILES string of the molecule is O=C(COC(=O)C1CC(c2cccc(F)c2)=NO1)Nc1ccc(C(F)(F)F)cc1[N+](=O)[O-]. The molecule has 3 rings (SSSR count). The van der Waals surface area contributed by atoms with Gasteiger partial charge in [-0.1, -0.05) is 17.3 Å². The lowest BCUT2D eigenvalue weighted by atomic mass is 10.1. The van der Waals surface area contributed by atoms with Crippen molar-refractivity contribution in [3.63, 3.8) is 0 Å². The number of carbonyl (C=O) groups is 2. The topological polar surface area (TPSA) is 120 Å². The molecule has 0 spiro atoms. The molecular formula is C19H13F4N3O6. The maximum Gasteiger partial charge on any atom is 0.416 e. The molecule has 1 aliphatic rings. The zero-order valence-corrected chi connectivity index (χ0v) is 15.9. The molecule has 13 heteroatoms. The molecule has 0 saturated heterocycles. The second-order valence-electron chi connectivity index (χ2n) is 6.49. The molecule has 2 aromatic rings. The van der Waals surface area contributed by atoms with E-state index in [1.807, 2.05) is 5.32 Å². The van der Waals surface area contributed by atoms with E-state index < -0.39 is 58.4 Å². The standard InChI is InChI=1S/C19H13F4N3O6/c20-12-3-1-2-10(6-12)14-8-16(32-25-14)18(28)31-9-17(27)24-13-5-4-11(19(21,22)23)7-15(13)26(29)30/h1-7,16H,8-9H2,(H,24,27). The predicted molar refractivity (Wildman–Crippen MR) is 100 cm³/mol. The Hall–Kier alpha value is -4.03. The zero-order valence-electron chi connectivity index (χ0n) is 15.9. The Labute approximate surface area is 176 Å². The van der Waals surface area contributed by atoms with E-state index in [-0.39, 0.29) is 18.2 Å². The molecule has 168 valence electrons. The molecule has 0 radical (unpaired) electrons. The van der Waals surface area contributed by atoms with E-state index >= 15 is 0 Å². The number of nitro benzene ring substituents is 1. The number of nitro groups is 1. The normalized spacial score (nSPS) is 15.5. The number of benzene rings is 2. The number of rotatable bonds is 6. The van der Waals surface area contributed by atoms with Crippen LogP contribution in [0.15, 0.2) is 47.6 Å². The molecule has 2 aromatic carbocycles. The smallest absolute Gasteiger partial charge is 0.416 e. The first-order chi connectivity index (χ1) is 15.0. The number of hydrogen-bond acceptors (Lipinski definition) is 7. The molecule has 1 amide bonds. The summed E-state index contributed by atoms with van der Waals surface area (Å²) in [5.41, 5.74) is -2.06. The molecule has 1 N–H and O–H groups in total. The van der Waals surface area contributed by atoms with Crippen LogP contribution in [-0.2, 0) is 25.3 Å². The van der Waals surface area contributed by atoms with Gasteiger partial charge in [0, 0.05) is 18.1 Å². The van der Waals surface area contributed by atoms with Crippen LogP contribution < -0.4 is 5.32 Å². The highest BCUT2D eigenvalue weighted by Crippen LogP contribution is 2.35. The second-order valence-corrected chi connectivity index (χ2v) is 6.49. The van der Waals surface area contributed by atoms with Crippen LogP contribution in [0.5, 0.6) is 0 Å². The van der Waals surface area contributed by atoms with Gasteiger partial charge in [0.1, 0.15) is 11.5 Å². The third kappa shape index (κ3) is 5.36. The van der Waals surface area contributed by atoms with Gasteiger partial charge < -0.3 is 14.9 Å². The molecule has 0 saturated carbocycles. The number of esters is 1. The molecule has 0 aromatic heterocycles. The molecular weight excluding hydrogens is 442 g/mol. The third-order valence-electron chi connectivity index (χ3n) is 4.23. The molecule has 1 aliphatic heterocycles. The minimum Gasteiger partial charge on any atom is -0.453 e. The summed E-state index contributed by atoms with van der Waals surface area (Å²) in [5.74, 6) is -2.51. The van der Waals surface area contributed by atoms with Gasteiger partial charge in [0.15, 0.2) is 6.61 Å². The highest BCUT2D eigenvalue weighted by atomic mass is 19.4. The number of halogens is 4. The fraction of sp³-hybridized carbons (Fsp3) is 0.211. The van der Waals surface area contributed by atoms with Crippen LogP contribution in [0, 0.1) is 15.9 Å². The van der Waals surface area contributed by atoms with Gasteiger partial charge in [0.05, 0.1) is 16.2 Å². The van der Waals surface area contributed by atoms with Crippen LogP contribution in [0.2, 0.25) is 0 Å². The summed E-state index contributed by atoms with van der Waals surface area (Å²) in [6, 6.07) is 6.99. The van der Waals surface area contributed by atoms with Gasteiger partial charge in [0.25, 0.3) is 11.6 Å². The van der Waals surface area contributed by atoms with Crippen LogP contribution >= 0.6 is 0 Å². The van der Waals surface area contributed by atoms with E-state index in [1.54, 1.807) is 6.07 Å². The average molecular weight is 455 g/mol. The molecule has 0 bridgehead atoms. The number of nitrogens with one attached hydrogen (secondary N) is 1. The number of nitrogens with zero attached hydrogens (tertiary/aromatic N) is 2. The highest BCUT2D eigenvalue weighted by Gasteiger charge is 2.34. The van der Waals surface area contributed by atoms with Gasteiger partial charge in [-0.05, 0) is 24.3 Å². The van der Waals surface area contributed by atoms with Crippen molar-refractivity contribution in [2.45, 2.75) is 18.7 Å². The lowest BCUT2D eigenvalue weighted by molar-refractivity contribution is -0.384. The number of anilines is 1. The van der Waals surface area contributed by atoms with Crippen molar-refractivity contribution < 1.29 is 41.6 Å². The van der Waals surface area contributed by atoms with Gasteiger partial charge >= 0.3 is 12.1 Å². The van der Waals surface area contributed by atoms with Crippen LogP contribution in [0.3, 0.4) is 0 Å². The van der Waals surface area contributed by atoms with E-state index in [4.69, 9.17) is 9.57 Å². The predicted octanol–water partition coefficient (Wildman–Crippen LogP) is 3.43. The minimum atomic E-state index is -4.81. The fourth-order valence-corrected chi connectivity index (χ4v) is 2.72. The molecule has 1 atom stereocenters. The highest BCUT2D eigenvalue weighted by molar-refractivity contribution is 6.03. The lowest BCUT2D eigenvalue weighted by Crippen LogP contribution is -2.28. The van der Waals surface area contributed by atoms with E-state index in [0.717, 1.165) is 6.07 Å². The van der Waals surface area contributed by atoms with Gasteiger partial charge in [0.2, 0.25) is 6.10 Å². The van der Waals surface area contributed by atoms with Crippen LogP contribution in [0.1, 0.15) is 17.5 Å². The summed E-state index contributed by atoms with van der Waals surface area (Å²) in [6.45, 7) is -0.883. The van der Waals surface area contributed by atoms with Crippen LogP contribution in [0.25, 0.3) is 0 Å². The Balaban J connectivity index is 1.56. The van der Waals surface area contributed by atoms with Crippen molar-refractivity contribution in [3.8, 4) is 0 Å². The first-order valence-corrected chi connectivity index (χ1v) is 8.85. The summed E-state index contributed by atoms with van der Waals surface area (Å²) in [6.07, 6.45) is -6.05. The van der Waals surface area contributed by atoms with Gasteiger partial charge in [-0.25, -0.2) is 9.18 Å². The maximum absolute atomic E-state index is 13.3. The number of amides is 1. The van der Waals surface area contributed by atoms with Crippen molar-refractivity contribution in [1.82, 2.24) is 0 Å². The van der Waals surface area contributed by atoms with Gasteiger partial charge in [-0.3, -0.25) is 14.9 Å². The molecule has 0 aliphatic carbocycles. The maximum atomic E-state index is 13.3. The molecule has 0 fully saturated rings. The molecule has 1 unspecified atom stereocenters. The number of oxime groups is 1. The van der Waals surface area contributed by atoms with E-state index in [0.29, 0.717) is 11.6 Å². The van der Waals surface area contributed by atoms with Crippen molar-refractivity contribution in [2.24, 2.45) is 5.16 Å². The first-order valence-electron chi connectivity index (χ1n) is 8.85. The minimum absolute atomic E-state index is 0.0473. The summed E-state index contributed by atoms with van der Waals surface area (Å²) >= 11 is 0. The van der Waals surface area contributed by atoms with Crippen LogP contribution in [-0.4, -0.2) is 35.2 Å². The summed E-state index contributed by atoms with van der Waals surface area (Å²) in [5, 5.41) is 16.7. The monoisotopic (exact) mass is 455 g/mol. The Morgan fingerprint density at radius 2 is 2.00 bits per heavy atom. The molecule has 1 heterocycles. The van der Waals surface area contributed by atoms with Gasteiger partial charge in [-0.15, -0.1) is 0 Å². The molecule has 32 heavy (non-hydrogen) atoms. The zero-order chi connectivity index (χ0) is 23.5. The number of carbonyl (C=O) groups excluding carboxylic acids is 2. The lowest BCUT2D eigenvalue weighted by Gasteiger charge is -2.11. The quantitative estimate of drug-likeness (QED) is 0.308. The second kappa shape index (κ2) is 8.99. The van der Waals surface area contributed by atoms with Gasteiger partial charge in [-0.2, -0.15) is 13.2 Å². The van der Waals surface area contributed by atoms with Crippen molar-refractivity contribution in [2.75, 3.05) is 11.9 Å². The number of hydrogen-bond donors (Lipinski definition) is 1. The summed E-state index contributed by atoms with van der Waals surface area (Å²) in [7, 11) is 0. The average Bonchev–Trinajstić information content (AvgIpc) is 3.22. The molecule has 9 nitrogen and oxygen atoms in total. The Morgan fingerprint density at radius 3 is 2.66 bits per heavy atom. The number of ether oxygens (including phenoxy) is 1. The van der Waals surface area contributed by atoms with E-state index in [1.165, 1.54) is 18.2 Å². The van der Waals surface area contributed by atoms with E-state index in [9.17, 15) is 37.3 Å². The Kier molecular flexibility index (Phi) is 6.37. The summed E-state index contributed by atoms with van der Waals surface area (Å²) in [4.78, 5) is 38.9. The third-order valence-corrected chi connectivity index (χ3v) is 4.23. The van der Waals surface area contributed by atoms with Crippen LogP contribution in [0.4, 0.5) is 28.9 Å². The Bertz CT molecular complexity index is 1100. The number of alkyl halides is 3. The first kappa shape index (κ1) is 22.7. The Morgan fingerprint density at radius 1 is 1.25 bits per heavy atom. The largest absolute Gasteiger partial charge is 0.453 e. The summed E-state index contributed by atoms with van der Waals surface area (Å²) < 4.78 is 56.3. The van der Waals surface area contributed by atoms with E-state index in [2.05, 4.69) is 5.16 Å². The van der Waals surface area contributed by atoms with Crippen molar-refractivity contribution >= 4 is 29.0 Å².